The summed E-state index contributed by atoms with van der Waals surface area (Å²) in [7, 11) is -0.896. The predicted molar refractivity (Wildman–Crippen MR) is 133 cm³/mol. The summed E-state index contributed by atoms with van der Waals surface area (Å²) in [6.45, 7) is 3.53. The first kappa shape index (κ1) is 24.4. The molecule has 1 amide bonds. The predicted octanol–water partition coefficient (Wildman–Crippen LogP) is 3.85. The van der Waals surface area contributed by atoms with Gasteiger partial charge >= 0.3 is 0 Å². The number of methoxy groups -OCH3 is 2. The standard InChI is InChI=1S/C26H28N2O6S/c1-17-9-14-24-22(15-17)28(35(30,31)20-12-10-19(32-3)11-13-20)16-25(34-24)26(29)27-18(2)21-7-5-6-8-23(21)33-4/h5-15,18,25H,16H2,1-4H3,(H,27,29)/t18-,25+/m0/s1. The van der Waals surface area contributed by atoms with Crippen LogP contribution in [0.5, 0.6) is 17.2 Å². The third-order valence-electron chi connectivity index (χ3n) is 5.89. The SMILES string of the molecule is COc1ccc(S(=O)(=O)N2C[C@H](C(=O)N[C@@H](C)c3ccccc3OC)Oc3ccc(C)cc32)cc1. The number of hydrogen-bond acceptors (Lipinski definition) is 6. The molecule has 0 fully saturated rings. The van der Waals surface area contributed by atoms with Crippen molar-refractivity contribution in [3.63, 3.8) is 0 Å². The second-order valence-corrected chi connectivity index (χ2v) is 10.1. The second-order valence-electron chi connectivity index (χ2n) is 8.26. The van der Waals surface area contributed by atoms with Crippen molar-refractivity contribution in [2.45, 2.75) is 30.9 Å². The highest BCUT2D eigenvalue weighted by Crippen LogP contribution is 2.38. The number of anilines is 1. The summed E-state index contributed by atoms with van der Waals surface area (Å²) in [6.07, 6.45) is -1.05. The van der Waals surface area contributed by atoms with Gasteiger partial charge in [0.05, 0.1) is 37.4 Å². The zero-order valence-electron chi connectivity index (χ0n) is 20.0. The number of carbonyl (C=O) groups is 1. The van der Waals surface area contributed by atoms with Crippen molar-refractivity contribution >= 4 is 21.6 Å². The Morgan fingerprint density at radius 2 is 1.77 bits per heavy atom. The molecule has 0 aliphatic carbocycles. The number of benzene rings is 3. The van der Waals surface area contributed by atoms with Crippen LogP contribution in [0.2, 0.25) is 0 Å². The molecule has 184 valence electrons. The summed E-state index contributed by atoms with van der Waals surface area (Å²) >= 11 is 0. The van der Waals surface area contributed by atoms with Crippen LogP contribution in [0.1, 0.15) is 24.1 Å². The number of nitrogens with zero attached hydrogens (tertiary/aromatic N) is 1. The van der Waals surface area contributed by atoms with Crippen molar-refractivity contribution in [2.24, 2.45) is 0 Å². The first-order chi connectivity index (χ1) is 16.7. The minimum Gasteiger partial charge on any atom is -0.497 e. The summed E-state index contributed by atoms with van der Waals surface area (Å²) in [5.41, 5.74) is 2.07. The van der Waals surface area contributed by atoms with Gasteiger partial charge in [-0.25, -0.2) is 8.42 Å². The van der Waals surface area contributed by atoms with Crippen LogP contribution < -0.4 is 23.8 Å². The van der Waals surface area contributed by atoms with E-state index in [4.69, 9.17) is 14.2 Å². The lowest BCUT2D eigenvalue weighted by molar-refractivity contribution is -0.128. The van der Waals surface area contributed by atoms with Crippen LogP contribution in [0, 0.1) is 6.92 Å². The highest BCUT2D eigenvalue weighted by Gasteiger charge is 2.38. The lowest BCUT2D eigenvalue weighted by atomic mass is 10.1. The summed E-state index contributed by atoms with van der Waals surface area (Å²) in [6, 6.07) is 18.4. The molecule has 0 saturated heterocycles. The molecule has 1 heterocycles. The Morgan fingerprint density at radius 1 is 1.06 bits per heavy atom. The van der Waals surface area contributed by atoms with Gasteiger partial charge in [-0.05, 0) is 61.9 Å². The van der Waals surface area contributed by atoms with Gasteiger partial charge in [-0.15, -0.1) is 0 Å². The first-order valence-corrected chi connectivity index (χ1v) is 12.6. The fourth-order valence-electron chi connectivity index (χ4n) is 4.01. The fraction of sp³-hybridized carbons (Fsp3) is 0.269. The number of carbonyl (C=O) groups excluding carboxylic acids is 1. The van der Waals surface area contributed by atoms with E-state index in [1.807, 2.05) is 44.2 Å². The Hall–Kier alpha value is -3.72. The van der Waals surface area contributed by atoms with E-state index in [-0.39, 0.29) is 17.5 Å². The molecule has 9 heteroatoms. The molecule has 3 aromatic carbocycles. The van der Waals surface area contributed by atoms with Crippen molar-refractivity contribution in [2.75, 3.05) is 25.1 Å². The van der Waals surface area contributed by atoms with Gasteiger partial charge in [0.15, 0.2) is 6.10 Å². The van der Waals surface area contributed by atoms with Gasteiger partial charge in [0.2, 0.25) is 0 Å². The van der Waals surface area contributed by atoms with Gasteiger partial charge in [-0.2, -0.15) is 0 Å². The molecule has 1 N–H and O–H groups in total. The Kier molecular flexibility index (Phi) is 6.88. The number of amides is 1. The topological polar surface area (TPSA) is 94.2 Å². The molecule has 0 radical (unpaired) electrons. The van der Waals surface area contributed by atoms with Gasteiger partial charge in [-0.1, -0.05) is 24.3 Å². The molecule has 0 aromatic heterocycles. The summed E-state index contributed by atoms with van der Waals surface area (Å²) in [5, 5.41) is 2.93. The van der Waals surface area contributed by atoms with E-state index in [2.05, 4.69) is 5.32 Å². The van der Waals surface area contributed by atoms with Crippen LogP contribution in [0.25, 0.3) is 0 Å². The number of para-hydroxylation sites is 1. The van der Waals surface area contributed by atoms with Gasteiger partial charge in [0.25, 0.3) is 15.9 Å². The number of hydrogen-bond donors (Lipinski definition) is 1. The highest BCUT2D eigenvalue weighted by molar-refractivity contribution is 7.92. The van der Waals surface area contributed by atoms with Crippen molar-refractivity contribution in [1.29, 1.82) is 0 Å². The largest absolute Gasteiger partial charge is 0.497 e. The summed E-state index contributed by atoms with van der Waals surface area (Å²) in [5.74, 6) is 1.09. The molecule has 4 rings (SSSR count). The molecule has 35 heavy (non-hydrogen) atoms. The Labute approximate surface area is 205 Å². The zero-order chi connectivity index (χ0) is 25.2. The first-order valence-electron chi connectivity index (χ1n) is 11.1. The number of rotatable bonds is 7. The summed E-state index contributed by atoms with van der Waals surface area (Å²) in [4.78, 5) is 13.3. The summed E-state index contributed by atoms with van der Waals surface area (Å²) < 4.78 is 45.0. The van der Waals surface area contributed by atoms with Crippen LogP contribution in [0.4, 0.5) is 5.69 Å². The minimum atomic E-state index is -3.98. The third kappa shape index (κ3) is 4.90. The van der Waals surface area contributed by atoms with Crippen molar-refractivity contribution in [1.82, 2.24) is 5.32 Å². The molecule has 0 spiro atoms. The molecule has 1 aliphatic rings. The molecule has 0 saturated carbocycles. The maximum absolute atomic E-state index is 13.6. The van der Waals surface area contributed by atoms with Crippen LogP contribution in [-0.4, -0.2) is 41.2 Å². The van der Waals surface area contributed by atoms with E-state index >= 15 is 0 Å². The zero-order valence-corrected chi connectivity index (χ0v) is 20.8. The lowest BCUT2D eigenvalue weighted by Crippen LogP contribution is -2.51. The lowest BCUT2D eigenvalue weighted by Gasteiger charge is -2.35. The Bertz CT molecular complexity index is 1320. The average molecular weight is 497 g/mol. The second kappa shape index (κ2) is 9.87. The Balaban J connectivity index is 1.64. The quantitative estimate of drug-likeness (QED) is 0.534. The smallest absolute Gasteiger partial charge is 0.264 e. The maximum atomic E-state index is 13.6. The normalized spacial score (nSPS) is 16.0. The molecule has 1 aliphatic heterocycles. The molecule has 0 bridgehead atoms. The van der Waals surface area contributed by atoms with Gasteiger partial charge in [0, 0.05) is 5.56 Å². The fourth-order valence-corrected chi connectivity index (χ4v) is 5.48. The monoisotopic (exact) mass is 496 g/mol. The van der Waals surface area contributed by atoms with E-state index in [0.29, 0.717) is 22.9 Å². The average Bonchev–Trinajstić information content (AvgIpc) is 2.87. The van der Waals surface area contributed by atoms with Gasteiger partial charge in [-0.3, -0.25) is 9.10 Å². The number of fused-ring (bicyclic) bond motifs is 1. The molecule has 8 nitrogen and oxygen atoms in total. The minimum absolute atomic E-state index is 0.0919. The van der Waals surface area contributed by atoms with Crippen molar-refractivity contribution in [3.8, 4) is 17.2 Å². The number of nitrogens with one attached hydrogen (secondary N) is 1. The van der Waals surface area contributed by atoms with E-state index in [0.717, 1.165) is 11.1 Å². The third-order valence-corrected chi connectivity index (χ3v) is 7.68. The van der Waals surface area contributed by atoms with Crippen LogP contribution in [0.3, 0.4) is 0 Å². The molecule has 2 atom stereocenters. The highest BCUT2D eigenvalue weighted by atomic mass is 32.2. The van der Waals surface area contributed by atoms with Crippen molar-refractivity contribution < 1.29 is 27.4 Å². The molecule has 0 unspecified atom stereocenters. The number of sulfonamides is 1. The van der Waals surface area contributed by atoms with Crippen LogP contribution in [-0.2, 0) is 14.8 Å². The molecular formula is C26H28N2O6S. The van der Waals surface area contributed by atoms with E-state index in [9.17, 15) is 13.2 Å². The van der Waals surface area contributed by atoms with E-state index in [1.165, 1.54) is 23.5 Å². The maximum Gasteiger partial charge on any atom is 0.264 e. The van der Waals surface area contributed by atoms with Crippen molar-refractivity contribution in [3.05, 3.63) is 77.9 Å². The van der Waals surface area contributed by atoms with Gasteiger partial charge in [0.1, 0.15) is 17.2 Å². The van der Waals surface area contributed by atoms with Crippen LogP contribution in [0.15, 0.2) is 71.6 Å². The van der Waals surface area contributed by atoms with Crippen LogP contribution >= 0.6 is 0 Å². The number of ether oxygens (including phenoxy) is 3. The van der Waals surface area contributed by atoms with E-state index < -0.39 is 22.0 Å². The molecular weight excluding hydrogens is 468 g/mol. The van der Waals surface area contributed by atoms with Gasteiger partial charge < -0.3 is 19.5 Å². The molecule has 3 aromatic rings. The number of aryl methyl sites for hydroxylation is 1. The van der Waals surface area contributed by atoms with E-state index in [1.54, 1.807) is 31.4 Å². The Morgan fingerprint density at radius 3 is 2.46 bits per heavy atom.